The molecule has 0 atom stereocenters. The van der Waals surface area contributed by atoms with E-state index >= 15 is 0 Å². The Morgan fingerprint density at radius 3 is 1.88 bits per heavy atom. The molecule has 0 aromatic heterocycles. The predicted molar refractivity (Wildman–Crippen MR) is 71.0 cm³/mol. The molecule has 2 saturated carbocycles. The molecule has 2 nitrogen and oxygen atoms in total. The topological polar surface area (TPSA) is 32.3 Å². The third kappa shape index (κ3) is 3.64. The van der Waals surface area contributed by atoms with Gasteiger partial charge < -0.3 is 10.4 Å². The molecule has 0 bridgehead atoms. The van der Waals surface area contributed by atoms with Gasteiger partial charge in [-0.2, -0.15) is 11.8 Å². The summed E-state index contributed by atoms with van der Waals surface area (Å²) in [6.45, 7) is 0. The maximum atomic E-state index is 9.47. The Morgan fingerprint density at radius 2 is 1.38 bits per heavy atom. The first kappa shape index (κ1) is 12.7. The molecule has 0 radical (unpaired) electrons. The van der Waals surface area contributed by atoms with Gasteiger partial charge in [0, 0.05) is 17.3 Å². The Morgan fingerprint density at radius 1 is 0.875 bits per heavy atom. The molecule has 0 aromatic rings. The minimum atomic E-state index is -0.0229. The maximum Gasteiger partial charge on any atom is 0.0541 e. The quantitative estimate of drug-likeness (QED) is 0.799. The van der Waals surface area contributed by atoms with Crippen molar-refractivity contribution in [3.8, 4) is 0 Å². The van der Waals surface area contributed by atoms with E-state index in [4.69, 9.17) is 0 Å². The van der Waals surface area contributed by atoms with E-state index in [9.17, 15) is 5.11 Å². The summed E-state index contributed by atoms with van der Waals surface area (Å²) in [6, 6.07) is 1.43. The molecule has 0 saturated heterocycles. The molecular weight excluding hydrogens is 218 g/mol. The molecule has 2 aliphatic rings. The van der Waals surface area contributed by atoms with E-state index in [0.29, 0.717) is 6.04 Å². The van der Waals surface area contributed by atoms with Gasteiger partial charge in [0.2, 0.25) is 0 Å². The standard InChI is InChI=1S/C13H25NOS/c1-16-13-8-4-11(5-9-13)14-10-2-6-12(15)7-3-10/h10-15H,2-9H2,1H3. The van der Waals surface area contributed by atoms with Gasteiger partial charge in [0.05, 0.1) is 6.10 Å². The van der Waals surface area contributed by atoms with Gasteiger partial charge in [0.25, 0.3) is 0 Å². The van der Waals surface area contributed by atoms with Crippen molar-refractivity contribution in [3.05, 3.63) is 0 Å². The molecule has 94 valence electrons. The number of hydrogen-bond acceptors (Lipinski definition) is 3. The first-order chi connectivity index (χ1) is 7.78. The van der Waals surface area contributed by atoms with Crippen LogP contribution in [0.25, 0.3) is 0 Å². The second-order valence-electron chi connectivity index (χ2n) is 5.38. The number of rotatable bonds is 3. The highest BCUT2D eigenvalue weighted by molar-refractivity contribution is 7.99. The van der Waals surface area contributed by atoms with Crippen molar-refractivity contribution in [2.75, 3.05) is 6.26 Å². The number of hydrogen-bond donors (Lipinski definition) is 2. The first-order valence-corrected chi connectivity index (χ1v) is 8.03. The van der Waals surface area contributed by atoms with Crippen molar-refractivity contribution in [3.63, 3.8) is 0 Å². The van der Waals surface area contributed by atoms with Crippen LogP contribution in [0.1, 0.15) is 51.4 Å². The third-order valence-electron chi connectivity index (χ3n) is 4.18. The fraction of sp³-hybridized carbons (Fsp3) is 1.00. The Bertz CT molecular complexity index is 196. The fourth-order valence-electron chi connectivity index (χ4n) is 3.04. The van der Waals surface area contributed by atoms with E-state index in [-0.39, 0.29) is 6.10 Å². The zero-order valence-electron chi connectivity index (χ0n) is 10.3. The Hall–Kier alpha value is 0.270. The minimum Gasteiger partial charge on any atom is -0.393 e. The molecule has 0 aliphatic heterocycles. The molecule has 2 aliphatic carbocycles. The normalized spacial score (nSPS) is 40.9. The monoisotopic (exact) mass is 243 g/mol. The number of nitrogens with one attached hydrogen (secondary N) is 1. The summed E-state index contributed by atoms with van der Waals surface area (Å²) in [5.74, 6) is 0. The van der Waals surface area contributed by atoms with Crippen molar-refractivity contribution in [1.82, 2.24) is 5.32 Å². The molecule has 0 aromatic carbocycles. The van der Waals surface area contributed by atoms with Crippen molar-refractivity contribution >= 4 is 11.8 Å². The third-order valence-corrected chi connectivity index (χ3v) is 5.31. The molecular formula is C13H25NOS. The molecule has 3 heteroatoms. The zero-order chi connectivity index (χ0) is 11.4. The van der Waals surface area contributed by atoms with Gasteiger partial charge in [0.1, 0.15) is 0 Å². The van der Waals surface area contributed by atoms with Crippen molar-refractivity contribution in [1.29, 1.82) is 0 Å². The second kappa shape index (κ2) is 6.27. The molecule has 0 amide bonds. The van der Waals surface area contributed by atoms with Crippen LogP contribution in [0.15, 0.2) is 0 Å². The van der Waals surface area contributed by atoms with E-state index in [1.54, 1.807) is 0 Å². The lowest BCUT2D eigenvalue weighted by molar-refractivity contribution is 0.112. The fourth-order valence-corrected chi connectivity index (χ4v) is 3.78. The second-order valence-corrected chi connectivity index (χ2v) is 6.52. The van der Waals surface area contributed by atoms with Crippen LogP contribution < -0.4 is 5.32 Å². The first-order valence-electron chi connectivity index (χ1n) is 6.75. The maximum absolute atomic E-state index is 9.47. The van der Waals surface area contributed by atoms with E-state index in [1.165, 1.54) is 38.5 Å². The van der Waals surface area contributed by atoms with Crippen molar-refractivity contribution < 1.29 is 5.11 Å². The zero-order valence-corrected chi connectivity index (χ0v) is 11.1. The van der Waals surface area contributed by atoms with Crippen LogP contribution in [-0.4, -0.2) is 34.8 Å². The van der Waals surface area contributed by atoms with Gasteiger partial charge in [-0.1, -0.05) is 0 Å². The lowest BCUT2D eigenvalue weighted by Gasteiger charge is -2.34. The molecule has 0 heterocycles. The summed E-state index contributed by atoms with van der Waals surface area (Å²) >= 11 is 2.03. The highest BCUT2D eigenvalue weighted by Crippen LogP contribution is 2.28. The summed E-state index contributed by atoms with van der Waals surface area (Å²) in [6.07, 6.45) is 12.0. The predicted octanol–water partition coefficient (Wildman–Crippen LogP) is 2.55. The number of aliphatic hydroxyl groups is 1. The summed E-state index contributed by atoms with van der Waals surface area (Å²) < 4.78 is 0. The highest BCUT2D eigenvalue weighted by Gasteiger charge is 2.25. The molecule has 0 spiro atoms. The van der Waals surface area contributed by atoms with Crippen LogP contribution in [0.2, 0.25) is 0 Å². The van der Waals surface area contributed by atoms with Crippen molar-refractivity contribution in [2.24, 2.45) is 0 Å². The van der Waals surface area contributed by atoms with Gasteiger partial charge in [-0.25, -0.2) is 0 Å². The Labute approximate surface area is 104 Å². The van der Waals surface area contributed by atoms with Gasteiger partial charge in [-0.05, 0) is 57.6 Å². The van der Waals surface area contributed by atoms with Crippen molar-refractivity contribution in [2.45, 2.75) is 74.8 Å². The Kier molecular flexibility index (Phi) is 4.98. The van der Waals surface area contributed by atoms with E-state index < -0.39 is 0 Å². The summed E-state index contributed by atoms with van der Waals surface area (Å²) in [4.78, 5) is 0. The average molecular weight is 243 g/mol. The molecule has 16 heavy (non-hydrogen) atoms. The van der Waals surface area contributed by atoms with Gasteiger partial charge in [0.15, 0.2) is 0 Å². The van der Waals surface area contributed by atoms with E-state index in [1.807, 2.05) is 11.8 Å². The number of thioether (sulfide) groups is 1. The Balaban J connectivity index is 1.66. The number of aliphatic hydroxyl groups excluding tert-OH is 1. The van der Waals surface area contributed by atoms with E-state index in [0.717, 1.165) is 24.1 Å². The lowest BCUT2D eigenvalue weighted by atomic mass is 9.89. The van der Waals surface area contributed by atoms with Crippen LogP contribution in [0, 0.1) is 0 Å². The van der Waals surface area contributed by atoms with Crippen LogP contribution >= 0.6 is 11.8 Å². The summed E-state index contributed by atoms with van der Waals surface area (Å²) in [5.41, 5.74) is 0. The van der Waals surface area contributed by atoms with Crippen LogP contribution in [0.5, 0.6) is 0 Å². The largest absolute Gasteiger partial charge is 0.393 e. The molecule has 2 rings (SSSR count). The average Bonchev–Trinajstić information content (AvgIpc) is 2.33. The van der Waals surface area contributed by atoms with Gasteiger partial charge in [-0.15, -0.1) is 0 Å². The smallest absolute Gasteiger partial charge is 0.0541 e. The van der Waals surface area contributed by atoms with Gasteiger partial charge >= 0.3 is 0 Å². The minimum absolute atomic E-state index is 0.0229. The lowest BCUT2D eigenvalue weighted by Crippen LogP contribution is -2.43. The summed E-state index contributed by atoms with van der Waals surface area (Å²) in [7, 11) is 0. The molecule has 0 unspecified atom stereocenters. The molecule has 2 N–H and O–H groups in total. The van der Waals surface area contributed by atoms with E-state index in [2.05, 4.69) is 11.6 Å². The summed E-state index contributed by atoms with van der Waals surface area (Å²) in [5, 5.41) is 14.2. The van der Waals surface area contributed by atoms with Crippen LogP contribution in [0.3, 0.4) is 0 Å². The van der Waals surface area contributed by atoms with Gasteiger partial charge in [-0.3, -0.25) is 0 Å². The van der Waals surface area contributed by atoms with Crippen LogP contribution in [-0.2, 0) is 0 Å². The highest BCUT2D eigenvalue weighted by atomic mass is 32.2. The SMILES string of the molecule is CSC1CCC(NC2CCC(O)CC2)CC1. The molecule has 2 fully saturated rings. The van der Waals surface area contributed by atoms with Crippen LogP contribution in [0.4, 0.5) is 0 Å².